The topological polar surface area (TPSA) is 83.4 Å². The Labute approximate surface area is 157 Å². The van der Waals surface area contributed by atoms with Crippen molar-refractivity contribution in [1.29, 1.82) is 0 Å². The molecule has 0 spiro atoms. The van der Waals surface area contributed by atoms with E-state index in [0.29, 0.717) is 18.9 Å². The highest BCUT2D eigenvalue weighted by Crippen LogP contribution is 2.30. The molecule has 0 aromatic carbocycles. The van der Waals surface area contributed by atoms with Crippen LogP contribution >= 0.6 is 0 Å². The molecule has 27 heavy (non-hydrogen) atoms. The van der Waals surface area contributed by atoms with E-state index in [1.807, 2.05) is 0 Å². The van der Waals surface area contributed by atoms with E-state index in [4.69, 9.17) is 9.47 Å². The number of nitrogens with zero attached hydrogens (tertiary/aromatic N) is 2. The molecule has 1 amide bonds. The molecule has 0 saturated carbocycles. The highest BCUT2D eigenvalue weighted by Gasteiger charge is 2.38. The maximum Gasteiger partial charge on any atom is 0.389 e. The van der Waals surface area contributed by atoms with Crippen LogP contribution in [0.25, 0.3) is 0 Å². The fourth-order valence-electron chi connectivity index (χ4n) is 2.27. The molecule has 0 unspecified atom stereocenters. The minimum Gasteiger partial charge on any atom is -0.382 e. The number of carbonyl (C=O) groups is 1. The van der Waals surface area contributed by atoms with Gasteiger partial charge in [0.2, 0.25) is 0 Å². The monoisotopic (exact) mass is 395 g/mol. The largest absolute Gasteiger partial charge is 0.389 e. The molecule has 7 nitrogen and oxygen atoms in total. The Balaban J connectivity index is 2.64. The van der Waals surface area contributed by atoms with Gasteiger partial charge in [0, 0.05) is 19.6 Å². The average molecular weight is 395 g/mol. The van der Waals surface area contributed by atoms with Crippen LogP contribution in [0.2, 0.25) is 0 Å². The summed E-state index contributed by atoms with van der Waals surface area (Å²) in [4.78, 5) is 16.1. The second-order valence-corrected chi connectivity index (χ2v) is 7.24. The molecule has 1 aliphatic rings. The van der Waals surface area contributed by atoms with Crippen molar-refractivity contribution >= 4 is 11.7 Å². The zero-order valence-electron chi connectivity index (χ0n) is 16.3. The van der Waals surface area contributed by atoms with E-state index in [-0.39, 0.29) is 18.8 Å². The molecule has 0 aromatic heterocycles. The third kappa shape index (κ3) is 7.21. The van der Waals surface area contributed by atoms with E-state index in [0.717, 1.165) is 5.06 Å². The number of rotatable bonds is 10. The van der Waals surface area contributed by atoms with Gasteiger partial charge in [-0.25, -0.2) is 5.06 Å². The minimum absolute atomic E-state index is 0.0212. The maximum atomic E-state index is 12.3. The number of amides is 1. The van der Waals surface area contributed by atoms with E-state index in [9.17, 15) is 23.2 Å². The van der Waals surface area contributed by atoms with Gasteiger partial charge in [-0.05, 0) is 40.7 Å². The van der Waals surface area contributed by atoms with Crippen LogP contribution in [0.4, 0.5) is 13.2 Å². The van der Waals surface area contributed by atoms with Crippen molar-refractivity contribution in [3.8, 4) is 0 Å². The van der Waals surface area contributed by atoms with Crippen LogP contribution in [-0.2, 0) is 14.3 Å². The maximum absolute atomic E-state index is 12.3. The fourth-order valence-corrected chi connectivity index (χ4v) is 2.27. The number of methoxy groups -OCH3 is 1. The molecule has 156 valence electrons. The summed E-state index contributed by atoms with van der Waals surface area (Å²) in [6.07, 6.45) is -3.77. The Hall–Kier alpha value is -1.49. The smallest absolute Gasteiger partial charge is 0.382 e. The number of aliphatic imine (C=N–C) groups is 1. The number of hydroxylamine groups is 2. The first-order valence-electron chi connectivity index (χ1n) is 8.59. The van der Waals surface area contributed by atoms with Crippen molar-refractivity contribution in [3.63, 3.8) is 0 Å². The second-order valence-electron chi connectivity index (χ2n) is 7.24. The number of amidine groups is 1. The van der Waals surface area contributed by atoms with Gasteiger partial charge in [-0.2, -0.15) is 18.2 Å². The Kier molecular flexibility index (Phi) is 7.97. The molecule has 1 rings (SSSR count). The third-order valence-corrected chi connectivity index (χ3v) is 4.03. The normalized spacial score (nSPS) is 17.1. The molecule has 1 heterocycles. The van der Waals surface area contributed by atoms with Gasteiger partial charge in [0.15, 0.2) is 5.84 Å². The number of carbonyl (C=O) groups excluding carboxylic acids is 1. The summed E-state index contributed by atoms with van der Waals surface area (Å²) in [5.41, 5.74) is -1.53. The molecule has 10 heteroatoms. The first-order chi connectivity index (χ1) is 12.3. The molecule has 0 bridgehead atoms. The summed E-state index contributed by atoms with van der Waals surface area (Å²) >= 11 is 0. The predicted octanol–water partition coefficient (Wildman–Crippen LogP) is 2.65. The molecule has 0 radical (unpaired) electrons. The Morgan fingerprint density at radius 1 is 1.26 bits per heavy atom. The number of alkyl halides is 3. The van der Waals surface area contributed by atoms with Crippen molar-refractivity contribution < 1.29 is 32.6 Å². The third-order valence-electron chi connectivity index (χ3n) is 4.03. The molecular formula is C17H28F3N3O4. The SMILES string of the molecule is COCCOC(C)(C)C1=CC(=NC(=O)C(C)(C)NCCCC(F)(F)F)N1O. The molecule has 0 aliphatic carbocycles. The first kappa shape index (κ1) is 23.5. The molecule has 0 aromatic rings. The van der Waals surface area contributed by atoms with Crippen molar-refractivity contribution in [2.24, 2.45) is 4.99 Å². The standard InChI is InChI=1S/C17H28F3N3O4/c1-15(2,21-8-6-7-17(18,19)20)14(24)22-13-11-12(23(13)25)16(3,4)27-10-9-26-5/h11,21,25H,6-10H2,1-5H3. The zero-order chi connectivity index (χ0) is 20.9. The summed E-state index contributed by atoms with van der Waals surface area (Å²) in [7, 11) is 1.55. The van der Waals surface area contributed by atoms with E-state index in [1.165, 1.54) is 19.9 Å². The van der Waals surface area contributed by atoms with Gasteiger partial charge in [-0.15, -0.1) is 0 Å². The Bertz CT molecular complexity index is 586. The van der Waals surface area contributed by atoms with Gasteiger partial charge in [-0.3, -0.25) is 10.0 Å². The number of hydrogen-bond donors (Lipinski definition) is 2. The molecule has 0 fully saturated rings. The highest BCUT2D eigenvalue weighted by atomic mass is 19.4. The lowest BCUT2D eigenvalue weighted by Crippen LogP contribution is -2.50. The lowest BCUT2D eigenvalue weighted by molar-refractivity contribution is -0.135. The molecule has 1 aliphatic heterocycles. The van der Waals surface area contributed by atoms with Crippen molar-refractivity contribution in [2.75, 3.05) is 26.9 Å². The zero-order valence-corrected chi connectivity index (χ0v) is 16.3. The van der Waals surface area contributed by atoms with E-state index in [2.05, 4.69) is 10.3 Å². The quantitative estimate of drug-likeness (QED) is 0.554. The summed E-state index contributed by atoms with van der Waals surface area (Å²) in [6, 6.07) is 0. The van der Waals surface area contributed by atoms with Crippen LogP contribution in [0.3, 0.4) is 0 Å². The molecule has 0 atom stereocenters. The van der Waals surface area contributed by atoms with Crippen LogP contribution in [0, 0.1) is 0 Å². The molecule has 0 saturated heterocycles. The number of halogens is 3. The summed E-state index contributed by atoms with van der Waals surface area (Å²) in [6.45, 7) is 7.30. The lowest BCUT2D eigenvalue weighted by atomic mass is 9.99. The van der Waals surface area contributed by atoms with Crippen molar-refractivity contribution in [2.45, 2.75) is 57.9 Å². The van der Waals surface area contributed by atoms with Gasteiger partial charge >= 0.3 is 6.18 Å². The van der Waals surface area contributed by atoms with E-state index in [1.54, 1.807) is 21.0 Å². The average Bonchev–Trinajstić information content (AvgIpc) is 2.53. The second kappa shape index (κ2) is 9.13. The predicted molar refractivity (Wildman–Crippen MR) is 93.4 cm³/mol. The number of nitrogens with one attached hydrogen (secondary N) is 1. The summed E-state index contributed by atoms with van der Waals surface area (Å²) < 4.78 is 47.0. The minimum atomic E-state index is -4.22. The van der Waals surface area contributed by atoms with Crippen molar-refractivity contribution in [1.82, 2.24) is 10.4 Å². The van der Waals surface area contributed by atoms with Crippen LogP contribution in [0.15, 0.2) is 16.8 Å². The Morgan fingerprint density at radius 2 is 1.89 bits per heavy atom. The molecule has 2 N–H and O–H groups in total. The lowest BCUT2D eigenvalue weighted by Gasteiger charge is -2.38. The fraction of sp³-hybridized carbons (Fsp3) is 0.765. The van der Waals surface area contributed by atoms with Gasteiger partial charge in [0.25, 0.3) is 5.91 Å². The number of hydrogen-bond acceptors (Lipinski definition) is 5. The summed E-state index contributed by atoms with van der Waals surface area (Å²) in [5, 5.41) is 13.6. The van der Waals surface area contributed by atoms with Gasteiger partial charge in [0.1, 0.15) is 5.60 Å². The number of ether oxygens (including phenoxy) is 2. The van der Waals surface area contributed by atoms with Crippen LogP contribution in [-0.4, -0.2) is 66.2 Å². The molecular weight excluding hydrogens is 367 g/mol. The van der Waals surface area contributed by atoms with Gasteiger partial charge in [-0.1, -0.05) is 0 Å². The Morgan fingerprint density at radius 3 is 2.41 bits per heavy atom. The van der Waals surface area contributed by atoms with Crippen LogP contribution < -0.4 is 5.32 Å². The van der Waals surface area contributed by atoms with Gasteiger partial charge in [0.05, 0.1) is 24.4 Å². The van der Waals surface area contributed by atoms with E-state index >= 15 is 0 Å². The van der Waals surface area contributed by atoms with Crippen LogP contribution in [0.5, 0.6) is 0 Å². The first-order valence-corrected chi connectivity index (χ1v) is 8.59. The van der Waals surface area contributed by atoms with E-state index < -0.39 is 29.6 Å². The van der Waals surface area contributed by atoms with Crippen molar-refractivity contribution in [3.05, 3.63) is 11.8 Å². The van der Waals surface area contributed by atoms with Crippen LogP contribution in [0.1, 0.15) is 40.5 Å². The highest BCUT2D eigenvalue weighted by molar-refractivity contribution is 6.07. The summed E-state index contributed by atoms with van der Waals surface area (Å²) in [5.74, 6) is -0.555. The van der Waals surface area contributed by atoms with Gasteiger partial charge < -0.3 is 14.8 Å².